The molecule has 6 heteroatoms. The lowest BCUT2D eigenvalue weighted by molar-refractivity contribution is 0.273. The van der Waals surface area contributed by atoms with Gasteiger partial charge < -0.3 is 0 Å². The van der Waals surface area contributed by atoms with E-state index in [9.17, 15) is 8.42 Å². The zero-order chi connectivity index (χ0) is 12.3. The summed E-state index contributed by atoms with van der Waals surface area (Å²) in [5, 5.41) is 0.687. The summed E-state index contributed by atoms with van der Waals surface area (Å²) in [6.45, 7) is 0.605. The number of pyridine rings is 1. The van der Waals surface area contributed by atoms with E-state index < -0.39 is 10.0 Å². The van der Waals surface area contributed by atoms with Crippen molar-refractivity contribution >= 4 is 26.0 Å². The van der Waals surface area contributed by atoms with Crippen LogP contribution in [0.15, 0.2) is 29.4 Å². The van der Waals surface area contributed by atoms with Crippen molar-refractivity contribution in [2.75, 3.05) is 11.9 Å². The first-order valence-electron chi connectivity index (χ1n) is 5.64. The zero-order valence-corrected chi connectivity index (χ0v) is 11.8. The lowest BCUT2D eigenvalue weighted by Crippen LogP contribution is -2.44. The maximum absolute atomic E-state index is 12.4. The summed E-state index contributed by atoms with van der Waals surface area (Å²) >= 11 is 3.39. The number of rotatable bonds is 3. The van der Waals surface area contributed by atoms with Crippen molar-refractivity contribution in [3.63, 3.8) is 0 Å². The van der Waals surface area contributed by atoms with Crippen molar-refractivity contribution in [3.05, 3.63) is 24.5 Å². The number of halogens is 1. The molecule has 1 fully saturated rings. The molecule has 1 unspecified atom stereocenters. The Labute approximate surface area is 110 Å². The molecule has 0 spiro atoms. The molecule has 1 aliphatic heterocycles. The van der Waals surface area contributed by atoms with Gasteiger partial charge in [-0.05, 0) is 25.0 Å². The van der Waals surface area contributed by atoms with Gasteiger partial charge in [0.25, 0.3) is 0 Å². The molecule has 0 saturated carbocycles. The van der Waals surface area contributed by atoms with Gasteiger partial charge in [0.1, 0.15) is 4.90 Å². The second kappa shape index (κ2) is 5.46. The quantitative estimate of drug-likeness (QED) is 0.801. The normalized spacial score (nSPS) is 22.5. The Morgan fingerprint density at radius 3 is 2.94 bits per heavy atom. The minimum absolute atomic E-state index is 0.0638. The Balaban J connectivity index is 2.31. The average molecular weight is 319 g/mol. The SMILES string of the molecule is O=S(=O)(c1cccnc1)N1CCCCC1CBr. The number of nitrogens with zero attached hydrogens (tertiary/aromatic N) is 2. The smallest absolute Gasteiger partial charge is 0.244 e. The Bertz CT molecular complexity index is 464. The number of alkyl halides is 1. The van der Waals surface area contributed by atoms with Crippen molar-refractivity contribution in [2.24, 2.45) is 0 Å². The predicted molar refractivity (Wildman–Crippen MR) is 69.6 cm³/mol. The summed E-state index contributed by atoms with van der Waals surface area (Å²) in [6, 6.07) is 3.32. The maximum Gasteiger partial charge on any atom is 0.244 e. The molecule has 2 rings (SSSR count). The standard InChI is InChI=1S/C11H15BrN2O2S/c12-8-10-4-1-2-7-14(10)17(15,16)11-5-3-6-13-9-11/h3,5-6,9-10H,1-2,4,7-8H2. The topological polar surface area (TPSA) is 50.3 Å². The van der Waals surface area contributed by atoms with Crippen LogP contribution in [0.5, 0.6) is 0 Å². The van der Waals surface area contributed by atoms with Crippen LogP contribution < -0.4 is 0 Å². The third-order valence-corrected chi connectivity index (χ3v) is 5.68. The van der Waals surface area contributed by atoms with Gasteiger partial charge in [0.2, 0.25) is 10.0 Å². The Morgan fingerprint density at radius 1 is 1.47 bits per heavy atom. The Kier molecular flexibility index (Phi) is 4.17. The molecule has 1 aliphatic rings. The summed E-state index contributed by atoms with van der Waals surface area (Å²) in [6.07, 6.45) is 5.94. The summed E-state index contributed by atoms with van der Waals surface area (Å²) in [5.74, 6) is 0. The van der Waals surface area contributed by atoms with Gasteiger partial charge in [-0.2, -0.15) is 4.31 Å². The highest BCUT2D eigenvalue weighted by Gasteiger charge is 2.32. The average Bonchev–Trinajstić information content (AvgIpc) is 2.39. The number of aromatic nitrogens is 1. The van der Waals surface area contributed by atoms with Crippen molar-refractivity contribution < 1.29 is 8.42 Å². The van der Waals surface area contributed by atoms with Gasteiger partial charge >= 0.3 is 0 Å². The highest BCUT2D eigenvalue weighted by molar-refractivity contribution is 9.09. The van der Waals surface area contributed by atoms with Crippen LogP contribution in [-0.2, 0) is 10.0 Å². The van der Waals surface area contributed by atoms with E-state index in [1.807, 2.05) is 0 Å². The second-order valence-corrected chi connectivity index (χ2v) is 6.65. The van der Waals surface area contributed by atoms with Gasteiger partial charge in [0, 0.05) is 30.3 Å². The summed E-state index contributed by atoms with van der Waals surface area (Å²) in [7, 11) is -3.38. The molecular weight excluding hydrogens is 304 g/mol. The molecule has 0 amide bonds. The van der Waals surface area contributed by atoms with Crippen LogP contribution in [0.2, 0.25) is 0 Å². The third kappa shape index (κ3) is 2.69. The van der Waals surface area contributed by atoms with Crippen LogP contribution in [-0.4, -0.2) is 35.6 Å². The highest BCUT2D eigenvalue weighted by atomic mass is 79.9. The number of sulfonamides is 1. The van der Waals surface area contributed by atoms with Crippen LogP contribution >= 0.6 is 15.9 Å². The summed E-state index contributed by atoms with van der Waals surface area (Å²) in [4.78, 5) is 4.16. The fourth-order valence-electron chi connectivity index (χ4n) is 2.08. The second-order valence-electron chi connectivity index (χ2n) is 4.11. The van der Waals surface area contributed by atoms with Gasteiger partial charge in [0.05, 0.1) is 0 Å². The fourth-order valence-corrected chi connectivity index (χ4v) is 4.60. The van der Waals surface area contributed by atoms with E-state index in [0.717, 1.165) is 19.3 Å². The van der Waals surface area contributed by atoms with Gasteiger partial charge in [-0.25, -0.2) is 8.42 Å². The van der Waals surface area contributed by atoms with Crippen LogP contribution in [0.1, 0.15) is 19.3 Å². The largest absolute Gasteiger partial charge is 0.263 e. The van der Waals surface area contributed by atoms with Gasteiger partial charge in [-0.3, -0.25) is 4.98 Å². The fraction of sp³-hybridized carbons (Fsp3) is 0.545. The van der Waals surface area contributed by atoms with Crippen LogP contribution in [0.25, 0.3) is 0 Å². The molecule has 0 radical (unpaired) electrons. The minimum Gasteiger partial charge on any atom is -0.263 e. The van der Waals surface area contributed by atoms with Crippen LogP contribution in [0.4, 0.5) is 0 Å². The van der Waals surface area contributed by atoms with Gasteiger partial charge in [0.15, 0.2) is 0 Å². The lowest BCUT2D eigenvalue weighted by Gasteiger charge is -2.33. The van der Waals surface area contributed by atoms with Crippen molar-refractivity contribution in [2.45, 2.75) is 30.2 Å². The summed E-state index contributed by atoms with van der Waals surface area (Å²) in [5.41, 5.74) is 0. The first-order valence-corrected chi connectivity index (χ1v) is 8.20. The van der Waals surface area contributed by atoms with Crippen molar-refractivity contribution in [3.8, 4) is 0 Å². The van der Waals surface area contributed by atoms with E-state index in [1.165, 1.54) is 6.20 Å². The summed E-state index contributed by atoms with van der Waals surface area (Å²) < 4.78 is 26.4. The molecule has 17 heavy (non-hydrogen) atoms. The molecule has 1 saturated heterocycles. The lowest BCUT2D eigenvalue weighted by atomic mass is 10.1. The van der Waals surface area contributed by atoms with E-state index in [2.05, 4.69) is 20.9 Å². The molecule has 0 aromatic carbocycles. The first-order chi connectivity index (χ1) is 8.16. The molecule has 2 heterocycles. The van der Waals surface area contributed by atoms with Gasteiger partial charge in [-0.15, -0.1) is 0 Å². The zero-order valence-electron chi connectivity index (χ0n) is 9.42. The molecule has 1 aromatic rings. The minimum atomic E-state index is -3.38. The van der Waals surface area contributed by atoms with Crippen LogP contribution in [0.3, 0.4) is 0 Å². The Hall–Kier alpha value is -0.460. The van der Waals surface area contributed by atoms with E-state index in [0.29, 0.717) is 11.9 Å². The van der Waals surface area contributed by atoms with E-state index in [-0.39, 0.29) is 10.9 Å². The molecule has 0 aliphatic carbocycles. The molecule has 94 valence electrons. The molecule has 4 nitrogen and oxygen atoms in total. The molecule has 1 aromatic heterocycles. The molecular formula is C11H15BrN2O2S. The van der Waals surface area contributed by atoms with E-state index >= 15 is 0 Å². The number of piperidine rings is 1. The Morgan fingerprint density at radius 2 is 2.29 bits per heavy atom. The van der Waals surface area contributed by atoms with E-state index in [1.54, 1.807) is 22.6 Å². The first kappa shape index (κ1) is 13.0. The highest BCUT2D eigenvalue weighted by Crippen LogP contribution is 2.25. The van der Waals surface area contributed by atoms with Crippen LogP contribution in [0, 0.1) is 0 Å². The molecule has 1 atom stereocenters. The predicted octanol–water partition coefficient (Wildman–Crippen LogP) is 2.02. The van der Waals surface area contributed by atoms with E-state index in [4.69, 9.17) is 0 Å². The molecule has 0 N–H and O–H groups in total. The molecule has 0 bridgehead atoms. The number of hydrogen-bond acceptors (Lipinski definition) is 3. The van der Waals surface area contributed by atoms with Crippen molar-refractivity contribution in [1.29, 1.82) is 0 Å². The van der Waals surface area contributed by atoms with Crippen molar-refractivity contribution in [1.82, 2.24) is 9.29 Å². The number of hydrogen-bond donors (Lipinski definition) is 0. The van der Waals surface area contributed by atoms with Gasteiger partial charge in [-0.1, -0.05) is 22.4 Å². The third-order valence-electron chi connectivity index (χ3n) is 2.99. The maximum atomic E-state index is 12.4. The monoisotopic (exact) mass is 318 g/mol.